The highest BCUT2D eigenvalue weighted by atomic mass is 79.9. The molecule has 2 nitrogen and oxygen atoms in total. The Morgan fingerprint density at radius 1 is 1.10 bits per heavy atom. The van der Waals surface area contributed by atoms with Gasteiger partial charge in [-0.1, -0.05) is 28.1 Å². The third-order valence-corrected chi connectivity index (χ3v) is 3.00. The van der Waals surface area contributed by atoms with Crippen LogP contribution in [-0.2, 0) is 6.18 Å². The lowest BCUT2D eigenvalue weighted by Crippen LogP contribution is -2.08. The number of hydrogen-bond acceptors (Lipinski definition) is 2. The minimum Gasteiger partial charge on any atom is -0.355 e. The fraction of sp³-hybridized carbons (Fsp3) is 0.0714. The maximum atomic E-state index is 12.9. The van der Waals surface area contributed by atoms with Crippen molar-refractivity contribution in [2.45, 2.75) is 6.18 Å². The standard InChI is InChI=1S/C14H8BrF3N2/c15-10-5-9(8-19)6-11(7-10)20-13-4-2-1-3-12(13)14(16,17)18/h1-7,20H. The Kier molecular flexibility index (Phi) is 4.00. The van der Waals surface area contributed by atoms with Crippen LogP contribution in [0.4, 0.5) is 24.5 Å². The molecule has 1 N–H and O–H groups in total. The third kappa shape index (κ3) is 3.31. The number of hydrogen-bond donors (Lipinski definition) is 1. The highest BCUT2D eigenvalue weighted by molar-refractivity contribution is 9.10. The molecule has 2 rings (SSSR count). The van der Waals surface area contributed by atoms with Crippen LogP contribution in [0, 0.1) is 11.3 Å². The number of nitrogens with zero attached hydrogens (tertiary/aromatic N) is 1. The Hall–Kier alpha value is -2.00. The number of anilines is 2. The molecular formula is C14H8BrF3N2. The van der Waals surface area contributed by atoms with Crippen LogP contribution < -0.4 is 5.32 Å². The lowest BCUT2D eigenvalue weighted by atomic mass is 10.1. The quantitative estimate of drug-likeness (QED) is 0.827. The average molecular weight is 341 g/mol. The first kappa shape index (κ1) is 14.4. The number of halogens is 4. The minimum absolute atomic E-state index is 0.0537. The maximum Gasteiger partial charge on any atom is 0.418 e. The van der Waals surface area contributed by atoms with Crippen LogP contribution in [0.3, 0.4) is 0 Å². The zero-order valence-electron chi connectivity index (χ0n) is 10.0. The molecule has 2 aromatic rings. The zero-order valence-corrected chi connectivity index (χ0v) is 11.6. The summed E-state index contributed by atoms with van der Waals surface area (Å²) in [4.78, 5) is 0. The fourth-order valence-corrected chi connectivity index (χ4v) is 2.21. The molecule has 6 heteroatoms. The summed E-state index contributed by atoms with van der Waals surface area (Å²) in [6, 6.07) is 11.8. The predicted octanol–water partition coefficient (Wildman–Crippen LogP) is 5.08. The number of benzene rings is 2. The van der Waals surface area contributed by atoms with Gasteiger partial charge in [0.15, 0.2) is 0 Å². The van der Waals surface area contributed by atoms with E-state index in [-0.39, 0.29) is 5.69 Å². The molecule has 20 heavy (non-hydrogen) atoms. The molecule has 0 spiro atoms. The predicted molar refractivity (Wildman–Crippen MR) is 73.6 cm³/mol. The van der Waals surface area contributed by atoms with Gasteiger partial charge < -0.3 is 5.32 Å². The molecule has 0 unspecified atom stereocenters. The van der Waals surface area contributed by atoms with Crippen molar-refractivity contribution in [3.05, 3.63) is 58.1 Å². The van der Waals surface area contributed by atoms with Gasteiger partial charge in [-0.05, 0) is 30.3 Å². The van der Waals surface area contributed by atoms with E-state index in [1.165, 1.54) is 24.3 Å². The Bertz CT molecular complexity index is 675. The van der Waals surface area contributed by atoms with E-state index in [2.05, 4.69) is 21.2 Å². The summed E-state index contributed by atoms with van der Waals surface area (Å²) in [5.41, 5.74) is -0.0422. The number of nitrogens with one attached hydrogen (secondary N) is 1. The van der Waals surface area contributed by atoms with Gasteiger partial charge in [-0.2, -0.15) is 18.4 Å². The molecule has 0 saturated carbocycles. The Morgan fingerprint density at radius 3 is 2.45 bits per heavy atom. The molecule has 0 fully saturated rings. The van der Waals surface area contributed by atoms with E-state index < -0.39 is 11.7 Å². The summed E-state index contributed by atoms with van der Waals surface area (Å²) >= 11 is 3.21. The van der Waals surface area contributed by atoms with Gasteiger partial charge in [-0.25, -0.2) is 0 Å². The molecule has 102 valence electrons. The molecule has 0 aliphatic heterocycles. The van der Waals surface area contributed by atoms with Crippen molar-refractivity contribution >= 4 is 27.3 Å². The molecule has 0 bridgehead atoms. The Labute approximate surface area is 122 Å². The van der Waals surface area contributed by atoms with Gasteiger partial charge in [-0.3, -0.25) is 0 Å². The largest absolute Gasteiger partial charge is 0.418 e. The van der Waals surface area contributed by atoms with E-state index >= 15 is 0 Å². The van der Waals surface area contributed by atoms with Gasteiger partial charge in [0, 0.05) is 10.2 Å². The van der Waals surface area contributed by atoms with Gasteiger partial charge in [0.2, 0.25) is 0 Å². The summed E-state index contributed by atoms with van der Waals surface area (Å²) in [5, 5.41) is 11.6. The molecular weight excluding hydrogens is 333 g/mol. The van der Waals surface area contributed by atoms with E-state index in [4.69, 9.17) is 5.26 Å². The summed E-state index contributed by atoms with van der Waals surface area (Å²) in [6.07, 6.45) is -4.44. The highest BCUT2D eigenvalue weighted by Gasteiger charge is 2.33. The fourth-order valence-electron chi connectivity index (χ4n) is 1.72. The smallest absolute Gasteiger partial charge is 0.355 e. The number of alkyl halides is 3. The molecule has 0 amide bonds. The molecule has 0 heterocycles. The van der Waals surface area contributed by atoms with Crippen LogP contribution in [0.1, 0.15) is 11.1 Å². The molecule has 0 saturated heterocycles. The second-order valence-electron chi connectivity index (χ2n) is 4.01. The molecule has 0 radical (unpaired) electrons. The molecule has 0 aliphatic carbocycles. The maximum absolute atomic E-state index is 12.9. The molecule has 0 atom stereocenters. The van der Waals surface area contributed by atoms with Gasteiger partial charge in [0.05, 0.1) is 22.9 Å². The number of nitriles is 1. The first-order chi connectivity index (χ1) is 9.40. The van der Waals surface area contributed by atoms with Crippen molar-refractivity contribution in [3.63, 3.8) is 0 Å². The summed E-state index contributed by atoms with van der Waals surface area (Å²) in [6.45, 7) is 0. The summed E-state index contributed by atoms with van der Waals surface area (Å²) in [5.74, 6) is 0. The lowest BCUT2D eigenvalue weighted by Gasteiger charge is -2.14. The van der Waals surface area contributed by atoms with Crippen molar-refractivity contribution in [1.29, 1.82) is 5.26 Å². The minimum atomic E-state index is -4.44. The van der Waals surface area contributed by atoms with E-state index in [9.17, 15) is 13.2 Å². The van der Waals surface area contributed by atoms with Gasteiger partial charge >= 0.3 is 6.18 Å². The van der Waals surface area contributed by atoms with E-state index in [0.29, 0.717) is 15.7 Å². The van der Waals surface area contributed by atoms with Crippen LogP contribution >= 0.6 is 15.9 Å². The van der Waals surface area contributed by atoms with Gasteiger partial charge in [-0.15, -0.1) is 0 Å². The first-order valence-corrected chi connectivity index (χ1v) is 6.33. The number of para-hydroxylation sites is 1. The third-order valence-electron chi connectivity index (χ3n) is 2.54. The van der Waals surface area contributed by atoms with Crippen LogP contribution in [-0.4, -0.2) is 0 Å². The zero-order chi connectivity index (χ0) is 14.8. The van der Waals surface area contributed by atoms with E-state index in [0.717, 1.165) is 6.07 Å². The highest BCUT2D eigenvalue weighted by Crippen LogP contribution is 2.36. The topological polar surface area (TPSA) is 35.8 Å². The van der Waals surface area contributed by atoms with Crippen LogP contribution in [0.2, 0.25) is 0 Å². The average Bonchev–Trinajstić information content (AvgIpc) is 2.37. The van der Waals surface area contributed by atoms with Crippen molar-refractivity contribution < 1.29 is 13.2 Å². The second-order valence-corrected chi connectivity index (χ2v) is 4.92. The van der Waals surface area contributed by atoms with Crippen molar-refractivity contribution in [2.75, 3.05) is 5.32 Å². The molecule has 2 aromatic carbocycles. The van der Waals surface area contributed by atoms with Crippen LogP contribution in [0.15, 0.2) is 46.9 Å². The lowest BCUT2D eigenvalue weighted by molar-refractivity contribution is -0.136. The molecule has 0 aliphatic rings. The summed E-state index contributed by atoms with van der Waals surface area (Å²) < 4.78 is 39.2. The van der Waals surface area contributed by atoms with Gasteiger partial charge in [0.25, 0.3) is 0 Å². The van der Waals surface area contributed by atoms with Gasteiger partial charge in [0.1, 0.15) is 0 Å². The van der Waals surface area contributed by atoms with Crippen molar-refractivity contribution in [2.24, 2.45) is 0 Å². The Balaban J connectivity index is 2.41. The van der Waals surface area contributed by atoms with Crippen LogP contribution in [0.25, 0.3) is 0 Å². The summed E-state index contributed by atoms with van der Waals surface area (Å²) in [7, 11) is 0. The molecule has 0 aromatic heterocycles. The van der Waals surface area contributed by atoms with Crippen molar-refractivity contribution in [3.8, 4) is 6.07 Å². The van der Waals surface area contributed by atoms with E-state index in [1.807, 2.05) is 6.07 Å². The van der Waals surface area contributed by atoms with Crippen molar-refractivity contribution in [1.82, 2.24) is 0 Å². The Morgan fingerprint density at radius 2 is 1.80 bits per heavy atom. The normalized spacial score (nSPS) is 10.9. The van der Waals surface area contributed by atoms with Crippen LogP contribution in [0.5, 0.6) is 0 Å². The van der Waals surface area contributed by atoms with E-state index in [1.54, 1.807) is 12.1 Å². The monoisotopic (exact) mass is 340 g/mol. The number of rotatable bonds is 2. The second kappa shape index (κ2) is 5.55. The SMILES string of the molecule is N#Cc1cc(Br)cc(Nc2ccccc2C(F)(F)F)c1. The first-order valence-electron chi connectivity index (χ1n) is 5.54.